The lowest BCUT2D eigenvalue weighted by Gasteiger charge is -2.41. The minimum Gasteiger partial charge on any atom is -0.444 e. The summed E-state index contributed by atoms with van der Waals surface area (Å²) in [5, 5.41) is 0. The van der Waals surface area contributed by atoms with E-state index >= 15 is 0 Å². The van der Waals surface area contributed by atoms with Crippen molar-refractivity contribution in [3.05, 3.63) is 0 Å². The molecule has 1 aliphatic rings. The van der Waals surface area contributed by atoms with Gasteiger partial charge in [-0.25, -0.2) is 4.79 Å². The Bertz CT molecular complexity index is 457. The van der Waals surface area contributed by atoms with Gasteiger partial charge in [-0.15, -0.1) is 0 Å². The van der Waals surface area contributed by atoms with Crippen LogP contribution in [0.3, 0.4) is 0 Å². The van der Waals surface area contributed by atoms with Gasteiger partial charge >= 0.3 is 6.09 Å². The number of nitrogens with zero attached hydrogens (tertiary/aromatic N) is 2. The number of rotatable bonds is 5. The summed E-state index contributed by atoms with van der Waals surface area (Å²) in [5.41, 5.74) is 5.56. The van der Waals surface area contributed by atoms with Crippen LogP contribution in [0.2, 0.25) is 0 Å². The predicted molar refractivity (Wildman–Crippen MR) is 100 cm³/mol. The third-order valence-electron chi connectivity index (χ3n) is 4.57. The highest BCUT2D eigenvalue weighted by molar-refractivity contribution is 5.82. The van der Waals surface area contributed by atoms with E-state index in [1.54, 1.807) is 4.90 Å². The zero-order chi connectivity index (χ0) is 19.4. The number of nitrogens with two attached hydrogens (primary N) is 1. The van der Waals surface area contributed by atoms with Crippen LogP contribution in [0.5, 0.6) is 0 Å². The topological polar surface area (TPSA) is 75.9 Å². The molecule has 0 aromatic rings. The van der Waals surface area contributed by atoms with E-state index in [2.05, 4.69) is 0 Å². The highest BCUT2D eigenvalue weighted by Gasteiger charge is 2.34. The molecule has 1 aliphatic heterocycles. The van der Waals surface area contributed by atoms with Crippen molar-refractivity contribution in [2.75, 3.05) is 13.1 Å². The van der Waals surface area contributed by atoms with Crippen molar-refractivity contribution in [1.29, 1.82) is 0 Å². The predicted octanol–water partition coefficient (Wildman–Crippen LogP) is 3.00. The summed E-state index contributed by atoms with van der Waals surface area (Å²) < 4.78 is 5.55. The fourth-order valence-electron chi connectivity index (χ4n) is 3.01. The number of carbonyl (C=O) groups excluding carboxylic acids is 2. The van der Waals surface area contributed by atoms with Crippen LogP contribution in [-0.4, -0.2) is 58.6 Å². The average molecular weight is 356 g/mol. The maximum atomic E-state index is 12.8. The fourth-order valence-corrected chi connectivity index (χ4v) is 3.01. The second-order valence-electron chi connectivity index (χ2n) is 8.68. The van der Waals surface area contributed by atoms with E-state index < -0.39 is 11.6 Å². The second kappa shape index (κ2) is 8.88. The van der Waals surface area contributed by atoms with Crippen LogP contribution >= 0.6 is 0 Å². The zero-order valence-corrected chi connectivity index (χ0v) is 17.0. The summed E-state index contributed by atoms with van der Waals surface area (Å²) in [6, 6.07) is -0.491. The Balaban J connectivity index is 2.89. The summed E-state index contributed by atoms with van der Waals surface area (Å²) >= 11 is 0. The Labute approximate surface area is 153 Å². The van der Waals surface area contributed by atoms with Gasteiger partial charge in [0.1, 0.15) is 5.60 Å². The number of amides is 2. The molecule has 0 aliphatic carbocycles. The second-order valence-corrected chi connectivity index (χ2v) is 8.68. The van der Waals surface area contributed by atoms with Crippen LogP contribution in [0.1, 0.15) is 67.7 Å². The molecule has 0 aromatic heterocycles. The molecule has 1 fully saturated rings. The van der Waals surface area contributed by atoms with Gasteiger partial charge in [-0.2, -0.15) is 0 Å². The van der Waals surface area contributed by atoms with Crippen LogP contribution in [0.15, 0.2) is 0 Å². The number of likely N-dealkylation sites (tertiary alicyclic amines) is 1. The molecule has 6 heteroatoms. The molecule has 0 saturated carbocycles. The molecule has 2 N–H and O–H groups in total. The smallest absolute Gasteiger partial charge is 0.410 e. The van der Waals surface area contributed by atoms with Crippen molar-refractivity contribution < 1.29 is 14.3 Å². The van der Waals surface area contributed by atoms with Crippen molar-refractivity contribution in [1.82, 2.24) is 9.80 Å². The molecule has 146 valence electrons. The Morgan fingerprint density at radius 3 is 2.28 bits per heavy atom. The number of hydrogen-bond donors (Lipinski definition) is 1. The molecule has 2 unspecified atom stereocenters. The standard InChI is InChI=1S/C19H37N3O3/c1-13(2)16(20)17(23)22(14(3)4)12-15-10-8-9-11-21(15)18(24)25-19(5,6)7/h13-16H,8-12,20H2,1-7H3. The minimum atomic E-state index is -0.521. The van der Waals surface area contributed by atoms with Gasteiger partial charge in [-0.1, -0.05) is 13.8 Å². The monoisotopic (exact) mass is 355 g/mol. The van der Waals surface area contributed by atoms with Gasteiger partial charge in [0.05, 0.1) is 12.1 Å². The highest BCUT2D eigenvalue weighted by atomic mass is 16.6. The normalized spacial score (nSPS) is 19.9. The Morgan fingerprint density at radius 2 is 1.80 bits per heavy atom. The molecule has 0 aromatic carbocycles. The zero-order valence-electron chi connectivity index (χ0n) is 17.0. The van der Waals surface area contributed by atoms with Crippen molar-refractivity contribution in [2.24, 2.45) is 11.7 Å². The largest absolute Gasteiger partial charge is 0.444 e. The van der Waals surface area contributed by atoms with E-state index in [4.69, 9.17) is 10.5 Å². The van der Waals surface area contributed by atoms with Gasteiger partial charge in [0, 0.05) is 19.1 Å². The van der Waals surface area contributed by atoms with Gasteiger partial charge in [0.15, 0.2) is 0 Å². The summed E-state index contributed by atoms with van der Waals surface area (Å²) in [4.78, 5) is 28.9. The van der Waals surface area contributed by atoms with Crippen LogP contribution in [-0.2, 0) is 9.53 Å². The molecular formula is C19H37N3O3. The molecule has 2 atom stereocenters. The van der Waals surface area contributed by atoms with E-state index in [1.807, 2.05) is 53.4 Å². The number of ether oxygens (including phenoxy) is 1. The van der Waals surface area contributed by atoms with Crippen LogP contribution in [0.4, 0.5) is 4.79 Å². The molecule has 0 spiro atoms. The van der Waals surface area contributed by atoms with Crippen molar-refractivity contribution in [3.63, 3.8) is 0 Å². The van der Waals surface area contributed by atoms with Gasteiger partial charge in [0.2, 0.25) is 5.91 Å². The molecular weight excluding hydrogens is 318 g/mol. The Kier molecular flexibility index (Phi) is 7.72. The quantitative estimate of drug-likeness (QED) is 0.822. The van der Waals surface area contributed by atoms with Crippen molar-refractivity contribution in [2.45, 2.75) is 91.5 Å². The van der Waals surface area contributed by atoms with Crippen LogP contribution in [0.25, 0.3) is 0 Å². The van der Waals surface area contributed by atoms with Crippen molar-refractivity contribution in [3.8, 4) is 0 Å². The van der Waals surface area contributed by atoms with Gasteiger partial charge in [0.25, 0.3) is 0 Å². The van der Waals surface area contributed by atoms with E-state index in [9.17, 15) is 9.59 Å². The van der Waals surface area contributed by atoms with Gasteiger partial charge in [-0.05, 0) is 59.8 Å². The van der Waals surface area contributed by atoms with Crippen LogP contribution in [0, 0.1) is 5.92 Å². The molecule has 6 nitrogen and oxygen atoms in total. The SMILES string of the molecule is CC(C)C(N)C(=O)N(CC1CCCCN1C(=O)OC(C)(C)C)C(C)C. The fraction of sp³-hybridized carbons (Fsp3) is 0.895. The molecule has 0 bridgehead atoms. The first kappa shape index (κ1) is 21.7. The number of carbonyl (C=O) groups is 2. The Hall–Kier alpha value is -1.30. The molecule has 0 radical (unpaired) electrons. The minimum absolute atomic E-state index is 0.0192. The summed E-state index contributed by atoms with van der Waals surface area (Å²) in [5.74, 6) is 0.0433. The molecule has 1 saturated heterocycles. The number of piperidine rings is 1. The Morgan fingerprint density at radius 1 is 1.20 bits per heavy atom. The summed E-state index contributed by atoms with van der Waals surface area (Å²) in [7, 11) is 0. The lowest BCUT2D eigenvalue weighted by molar-refractivity contribution is -0.136. The maximum Gasteiger partial charge on any atom is 0.410 e. The third kappa shape index (κ3) is 6.49. The first-order valence-electron chi connectivity index (χ1n) is 9.49. The lowest BCUT2D eigenvalue weighted by Crippen LogP contribution is -2.56. The van der Waals surface area contributed by atoms with E-state index in [-0.39, 0.29) is 30.0 Å². The summed E-state index contributed by atoms with van der Waals surface area (Å²) in [6.07, 6.45) is 2.62. The highest BCUT2D eigenvalue weighted by Crippen LogP contribution is 2.22. The maximum absolute atomic E-state index is 12.8. The molecule has 1 rings (SSSR count). The number of hydrogen-bond acceptors (Lipinski definition) is 4. The van der Waals surface area contributed by atoms with Gasteiger partial charge in [-0.3, -0.25) is 4.79 Å². The molecule has 2 amide bonds. The van der Waals surface area contributed by atoms with E-state index in [1.165, 1.54) is 0 Å². The first-order valence-corrected chi connectivity index (χ1v) is 9.49. The first-order chi connectivity index (χ1) is 11.4. The molecule has 25 heavy (non-hydrogen) atoms. The third-order valence-corrected chi connectivity index (χ3v) is 4.57. The van der Waals surface area contributed by atoms with E-state index in [0.717, 1.165) is 19.3 Å². The molecule has 1 heterocycles. The van der Waals surface area contributed by atoms with E-state index in [0.29, 0.717) is 13.1 Å². The van der Waals surface area contributed by atoms with Gasteiger partial charge < -0.3 is 20.3 Å². The van der Waals surface area contributed by atoms with Crippen LogP contribution < -0.4 is 5.73 Å². The summed E-state index contributed by atoms with van der Waals surface area (Å²) in [6.45, 7) is 14.7. The lowest BCUT2D eigenvalue weighted by atomic mass is 9.99. The van der Waals surface area contributed by atoms with Crippen molar-refractivity contribution >= 4 is 12.0 Å². The average Bonchev–Trinajstić information content (AvgIpc) is 2.49.